The largest absolute Gasteiger partial charge is 0.509 e. The van der Waals surface area contributed by atoms with E-state index < -0.39 is 126 Å². The Kier molecular flexibility index (Phi) is 20.6. The number of cyclic esters (lactones) is 1. The average molecular weight is 1020 g/mol. The van der Waals surface area contributed by atoms with Gasteiger partial charge in [0.2, 0.25) is 0 Å². The highest BCUT2D eigenvalue weighted by molar-refractivity contribution is 5.81. The Morgan fingerprint density at radius 2 is 1.36 bits per heavy atom. The zero-order valence-corrected chi connectivity index (χ0v) is 44.4. The SMILES string of the molecule is CC[C@H]1OC(=O)[C@H](C)[C@@H](O[C@H]2C[C@@](C)(OC)[C@@H](O)[C@H](C)O2)[C@H](C)[C@@H](O[C@@H]2O[C@H](C)C[C@H](N(C)C(=O)OCc3ccccc3)[C@H]2OC(=O)OCc2ccccc2)[C@](C)(OC)C[C@@H](C)C(=O)C[C@H](C)[C@@H](O)[C@]1(C)O. The maximum atomic E-state index is 14.7. The molecule has 18 heteroatoms. The Morgan fingerprint density at radius 1 is 0.778 bits per heavy atom. The number of hydrogen-bond donors (Lipinski definition) is 3. The molecule has 3 aliphatic heterocycles. The Bertz CT molecular complexity index is 2060. The summed E-state index contributed by atoms with van der Waals surface area (Å²) in [6.45, 7) is 16.7. The van der Waals surface area contributed by atoms with Crippen LogP contribution in [0.3, 0.4) is 0 Å². The maximum Gasteiger partial charge on any atom is 0.509 e. The lowest BCUT2D eigenvalue weighted by molar-refractivity contribution is -0.319. The second kappa shape index (κ2) is 25.3. The summed E-state index contributed by atoms with van der Waals surface area (Å²) in [7, 11) is 4.47. The van der Waals surface area contributed by atoms with Crippen LogP contribution in [-0.4, -0.2) is 150 Å². The molecule has 0 bridgehead atoms. The van der Waals surface area contributed by atoms with Crippen LogP contribution in [0, 0.1) is 23.7 Å². The number of likely N-dealkylation sites (N-methyl/N-ethyl adjacent to an activating group) is 1. The first-order chi connectivity index (χ1) is 33.9. The summed E-state index contributed by atoms with van der Waals surface area (Å²) < 4.78 is 62.8. The number of nitrogens with zero attached hydrogens (tertiary/aromatic N) is 1. The fraction of sp³-hybridized carbons (Fsp3) is 0.704. The van der Waals surface area contributed by atoms with E-state index in [4.69, 9.17) is 47.4 Å². The summed E-state index contributed by atoms with van der Waals surface area (Å²) in [5.41, 5.74) is -3.07. The van der Waals surface area contributed by atoms with Gasteiger partial charge in [0.05, 0.1) is 53.7 Å². The van der Waals surface area contributed by atoms with Gasteiger partial charge in [-0.1, -0.05) is 88.4 Å². The molecule has 0 saturated carbocycles. The van der Waals surface area contributed by atoms with Gasteiger partial charge in [-0.2, -0.15) is 0 Å². The molecule has 404 valence electrons. The van der Waals surface area contributed by atoms with E-state index in [0.717, 1.165) is 5.56 Å². The minimum atomic E-state index is -1.97. The summed E-state index contributed by atoms with van der Waals surface area (Å²) in [5.74, 6) is -4.59. The number of carbonyl (C=O) groups is 4. The van der Waals surface area contributed by atoms with Gasteiger partial charge >= 0.3 is 18.2 Å². The molecule has 0 radical (unpaired) electrons. The summed E-state index contributed by atoms with van der Waals surface area (Å²) in [6, 6.07) is 17.3. The maximum absolute atomic E-state index is 14.7. The van der Waals surface area contributed by atoms with E-state index in [1.807, 2.05) is 36.4 Å². The number of esters is 1. The van der Waals surface area contributed by atoms with E-state index in [1.165, 1.54) is 33.1 Å². The van der Waals surface area contributed by atoms with Crippen molar-refractivity contribution in [3.8, 4) is 0 Å². The first-order valence-corrected chi connectivity index (χ1v) is 25.2. The van der Waals surface area contributed by atoms with Crippen LogP contribution in [0.5, 0.6) is 0 Å². The molecule has 1 amide bonds. The molecule has 3 saturated heterocycles. The number of rotatable bonds is 13. The lowest BCUT2D eigenvalue weighted by atomic mass is 9.76. The second-order valence-electron chi connectivity index (χ2n) is 20.9. The third-order valence-corrected chi connectivity index (χ3v) is 15.2. The van der Waals surface area contributed by atoms with Crippen LogP contribution in [0.4, 0.5) is 9.59 Å². The van der Waals surface area contributed by atoms with Crippen molar-refractivity contribution in [1.82, 2.24) is 4.90 Å². The van der Waals surface area contributed by atoms with Crippen molar-refractivity contribution in [3.63, 3.8) is 0 Å². The molecule has 3 N–H and O–H groups in total. The zero-order chi connectivity index (χ0) is 53.3. The molecular formula is C54H81NO17. The summed E-state index contributed by atoms with van der Waals surface area (Å²) in [4.78, 5) is 58.0. The molecule has 0 aromatic heterocycles. The molecular weight excluding hydrogens is 935 g/mol. The van der Waals surface area contributed by atoms with Gasteiger partial charge in [-0.3, -0.25) is 9.59 Å². The summed E-state index contributed by atoms with van der Waals surface area (Å²) >= 11 is 0. The van der Waals surface area contributed by atoms with Crippen LogP contribution in [0.25, 0.3) is 0 Å². The average Bonchev–Trinajstić information content (AvgIpc) is 3.36. The van der Waals surface area contributed by atoms with Gasteiger partial charge in [0.25, 0.3) is 0 Å². The topological polar surface area (TPSA) is 225 Å². The first-order valence-electron chi connectivity index (χ1n) is 25.2. The second-order valence-corrected chi connectivity index (χ2v) is 20.9. The number of amides is 1. The van der Waals surface area contributed by atoms with Gasteiger partial charge < -0.3 is 67.6 Å². The number of hydrogen-bond acceptors (Lipinski definition) is 17. The van der Waals surface area contributed by atoms with Crippen LogP contribution >= 0.6 is 0 Å². The van der Waals surface area contributed by atoms with Crippen molar-refractivity contribution in [2.24, 2.45) is 23.7 Å². The number of aliphatic hydroxyl groups excluding tert-OH is 2. The van der Waals surface area contributed by atoms with E-state index in [2.05, 4.69) is 0 Å². The number of aliphatic hydroxyl groups is 3. The normalized spacial score (nSPS) is 38.4. The molecule has 72 heavy (non-hydrogen) atoms. The molecule has 2 aromatic carbocycles. The molecule has 5 rings (SSSR count). The van der Waals surface area contributed by atoms with E-state index in [1.54, 1.807) is 86.6 Å². The lowest BCUT2D eigenvalue weighted by Gasteiger charge is -2.49. The monoisotopic (exact) mass is 1020 g/mol. The molecule has 3 aliphatic rings. The van der Waals surface area contributed by atoms with Crippen molar-refractivity contribution < 1.29 is 81.9 Å². The summed E-state index contributed by atoms with van der Waals surface area (Å²) in [5, 5.41) is 34.6. The Morgan fingerprint density at radius 3 is 1.93 bits per heavy atom. The molecule has 3 fully saturated rings. The minimum Gasteiger partial charge on any atom is -0.459 e. The van der Waals surface area contributed by atoms with Gasteiger partial charge in [-0.25, -0.2) is 9.59 Å². The first kappa shape index (κ1) is 58.6. The molecule has 0 spiro atoms. The van der Waals surface area contributed by atoms with Crippen LogP contribution in [0.2, 0.25) is 0 Å². The Balaban J connectivity index is 1.63. The van der Waals surface area contributed by atoms with E-state index >= 15 is 0 Å². The van der Waals surface area contributed by atoms with Crippen molar-refractivity contribution in [3.05, 3.63) is 71.8 Å². The molecule has 18 nitrogen and oxygen atoms in total. The van der Waals surface area contributed by atoms with Gasteiger partial charge in [0.15, 0.2) is 18.7 Å². The number of ether oxygens (including phenoxy) is 10. The van der Waals surface area contributed by atoms with Gasteiger partial charge in [-0.15, -0.1) is 0 Å². The quantitative estimate of drug-likeness (QED) is 0.137. The standard InChI is InChI=1S/C54H81NO17/c1-14-41-54(10,62)45(57)31(2)25-40(56)32(3)27-53(9,64-13)47(34(5)43(35(6)48(59)69-41)70-42-28-52(8,63-12)46(58)36(7)68-42)72-49-44(71-51(61)66-30-38-23-19-16-20-24-38)39(26-33(4)67-49)55(11)50(60)65-29-37-21-17-15-18-22-37/h15-24,31-36,39,41-47,49,57-58,62H,14,25-30H2,1-13H3/t31-,32+,33+,34-,35+,36-,39-,41+,42-,43-,44+,45+,46-,47+,49-,52+,53+,54+/m0/s1. The summed E-state index contributed by atoms with van der Waals surface area (Å²) in [6.07, 6.45) is -13.0. The highest BCUT2D eigenvalue weighted by Crippen LogP contribution is 2.42. The van der Waals surface area contributed by atoms with Gasteiger partial charge in [0.1, 0.15) is 36.8 Å². The Hall–Kier alpha value is -4.24. The fourth-order valence-electron chi connectivity index (χ4n) is 10.5. The zero-order valence-electron chi connectivity index (χ0n) is 44.4. The molecule has 2 aromatic rings. The predicted molar refractivity (Wildman–Crippen MR) is 262 cm³/mol. The van der Waals surface area contributed by atoms with E-state index in [0.29, 0.717) is 5.56 Å². The van der Waals surface area contributed by atoms with E-state index in [9.17, 15) is 34.5 Å². The number of ketones is 1. The van der Waals surface area contributed by atoms with Crippen LogP contribution in [0.15, 0.2) is 60.7 Å². The van der Waals surface area contributed by atoms with Crippen LogP contribution in [0.1, 0.15) is 112 Å². The van der Waals surface area contributed by atoms with Crippen LogP contribution < -0.4 is 0 Å². The fourth-order valence-corrected chi connectivity index (χ4v) is 10.5. The smallest absolute Gasteiger partial charge is 0.459 e. The van der Waals surface area contributed by atoms with Gasteiger partial charge in [0, 0.05) is 45.9 Å². The highest BCUT2D eigenvalue weighted by atomic mass is 16.8. The number of methoxy groups -OCH3 is 2. The predicted octanol–water partition coefficient (Wildman–Crippen LogP) is 6.90. The third-order valence-electron chi connectivity index (χ3n) is 15.2. The van der Waals surface area contributed by atoms with E-state index in [-0.39, 0.29) is 51.1 Å². The lowest BCUT2D eigenvalue weighted by Crippen LogP contribution is -2.62. The number of Topliss-reactive ketones (excluding diaryl/α,β-unsaturated/α-hetero) is 1. The van der Waals surface area contributed by atoms with Crippen molar-refractivity contribution in [1.29, 1.82) is 0 Å². The van der Waals surface area contributed by atoms with Gasteiger partial charge in [-0.05, 0) is 77.8 Å². The molecule has 0 aliphatic carbocycles. The Labute approximate surface area is 425 Å². The highest BCUT2D eigenvalue weighted by Gasteiger charge is 2.54. The van der Waals surface area contributed by atoms with Crippen molar-refractivity contribution in [2.45, 2.75) is 199 Å². The number of carbonyl (C=O) groups excluding carboxylic acids is 4. The molecule has 18 atom stereocenters. The third kappa shape index (κ3) is 14.1. The van der Waals surface area contributed by atoms with Crippen molar-refractivity contribution >= 4 is 24.0 Å². The molecule has 3 heterocycles. The number of benzene rings is 2. The van der Waals surface area contributed by atoms with Crippen LogP contribution in [-0.2, 0) is 70.2 Å². The molecule has 0 unspecified atom stereocenters. The minimum absolute atomic E-state index is 0.0205. The van der Waals surface area contributed by atoms with Crippen molar-refractivity contribution in [2.75, 3.05) is 21.3 Å².